The summed E-state index contributed by atoms with van der Waals surface area (Å²) in [6.45, 7) is 5.73. The number of hydrogen-bond acceptors (Lipinski definition) is 3. The Hall–Kier alpha value is -2.17. The minimum atomic E-state index is -1.03. The van der Waals surface area contributed by atoms with E-state index in [1.807, 2.05) is 39.0 Å². The van der Waals surface area contributed by atoms with Gasteiger partial charge in [-0.15, -0.1) is 0 Å². The molecule has 0 aliphatic carbocycles. The molecular formula is C18H25NO4. The Morgan fingerprint density at radius 2 is 1.87 bits per heavy atom. The van der Waals surface area contributed by atoms with Crippen LogP contribution in [0, 0.1) is 13.8 Å². The summed E-state index contributed by atoms with van der Waals surface area (Å²) in [7, 11) is 0. The molecule has 0 spiro atoms. The van der Waals surface area contributed by atoms with Crippen molar-refractivity contribution < 1.29 is 19.5 Å². The number of rotatable bonds is 9. The van der Waals surface area contributed by atoms with Gasteiger partial charge in [0, 0.05) is 18.4 Å². The van der Waals surface area contributed by atoms with Crippen LogP contribution in [0.4, 0.5) is 0 Å². The molecule has 5 nitrogen and oxygen atoms in total. The highest BCUT2D eigenvalue weighted by Crippen LogP contribution is 2.14. The van der Waals surface area contributed by atoms with Gasteiger partial charge in [-0.2, -0.15) is 0 Å². The van der Waals surface area contributed by atoms with Crippen LogP contribution in [0.2, 0.25) is 0 Å². The van der Waals surface area contributed by atoms with E-state index in [0.29, 0.717) is 12.0 Å². The van der Waals surface area contributed by atoms with Crippen LogP contribution in [0.5, 0.6) is 0 Å². The second-order valence-corrected chi connectivity index (χ2v) is 5.84. The highest BCUT2D eigenvalue weighted by molar-refractivity contribution is 5.99. The maximum Gasteiger partial charge on any atom is 0.326 e. The lowest BCUT2D eigenvalue weighted by Crippen LogP contribution is -2.40. The van der Waals surface area contributed by atoms with Gasteiger partial charge in [-0.1, -0.05) is 37.5 Å². The minimum Gasteiger partial charge on any atom is -0.480 e. The predicted octanol–water partition coefficient (Wildman–Crippen LogP) is 3.03. The molecule has 1 rings (SSSR count). The molecule has 126 valence electrons. The quantitative estimate of drug-likeness (QED) is 0.685. The van der Waals surface area contributed by atoms with Crippen molar-refractivity contribution in [3.8, 4) is 0 Å². The molecule has 1 aromatic rings. The topological polar surface area (TPSA) is 83.5 Å². The molecule has 0 bridgehead atoms. The number of aliphatic carboxylic acids is 1. The van der Waals surface area contributed by atoms with Crippen molar-refractivity contribution in [1.29, 1.82) is 0 Å². The first kappa shape index (κ1) is 18.9. The number of aryl methyl sites for hydroxylation is 2. The van der Waals surface area contributed by atoms with Crippen molar-refractivity contribution in [2.24, 2.45) is 0 Å². The number of hydrogen-bond donors (Lipinski definition) is 2. The molecule has 0 heterocycles. The number of Topliss-reactive ketones (excluding diaryl/α,β-unsaturated/α-hetero) is 1. The van der Waals surface area contributed by atoms with Crippen molar-refractivity contribution in [3.63, 3.8) is 0 Å². The molecular weight excluding hydrogens is 294 g/mol. The molecule has 0 fully saturated rings. The van der Waals surface area contributed by atoms with Crippen LogP contribution >= 0.6 is 0 Å². The molecule has 0 radical (unpaired) electrons. The first-order valence-corrected chi connectivity index (χ1v) is 7.97. The van der Waals surface area contributed by atoms with Crippen molar-refractivity contribution >= 4 is 17.7 Å². The smallest absolute Gasteiger partial charge is 0.326 e. The summed E-state index contributed by atoms with van der Waals surface area (Å²) in [5.74, 6) is -1.53. The van der Waals surface area contributed by atoms with Crippen LogP contribution in [0.1, 0.15) is 60.5 Å². The summed E-state index contributed by atoms with van der Waals surface area (Å²) in [6, 6.07) is 4.76. The van der Waals surface area contributed by atoms with Crippen molar-refractivity contribution in [1.82, 2.24) is 5.32 Å². The average molecular weight is 319 g/mol. The summed E-state index contributed by atoms with van der Waals surface area (Å²) in [6.07, 6.45) is 2.09. The highest BCUT2D eigenvalue weighted by Gasteiger charge is 2.20. The fourth-order valence-corrected chi connectivity index (χ4v) is 2.33. The summed E-state index contributed by atoms with van der Waals surface area (Å²) >= 11 is 0. The zero-order chi connectivity index (χ0) is 17.4. The third-order valence-corrected chi connectivity index (χ3v) is 3.75. The van der Waals surface area contributed by atoms with Crippen LogP contribution in [0.15, 0.2) is 18.2 Å². The van der Waals surface area contributed by atoms with Gasteiger partial charge in [-0.25, -0.2) is 4.79 Å². The van der Waals surface area contributed by atoms with E-state index < -0.39 is 17.9 Å². The Bertz CT molecular complexity index is 580. The van der Waals surface area contributed by atoms with Gasteiger partial charge < -0.3 is 10.4 Å². The van der Waals surface area contributed by atoms with Crippen molar-refractivity contribution in [2.45, 2.75) is 58.9 Å². The summed E-state index contributed by atoms with van der Waals surface area (Å²) in [5, 5.41) is 11.6. The number of carbonyl (C=O) groups is 3. The highest BCUT2D eigenvalue weighted by atomic mass is 16.4. The molecule has 1 aromatic carbocycles. The van der Waals surface area contributed by atoms with Crippen LogP contribution < -0.4 is 5.32 Å². The molecule has 23 heavy (non-hydrogen) atoms. The number of nitrogens with one attached hydrogen (secondary N) is 1. The molecule has 0 aromatic heterocycles. The zero-order valence-corrected chi connectivity index (χ0v) is 14.0. The Kier molecular flexibility index (Phi) is 7.45. The van der Waals surface area contributed by atoms with Gasteiger partial charge in [0.25, 0.3) is 0 Å². The molecule has 5 heteroatoms. The van der Waals surface area contributed by atoms with E-state index in [9.17, 15) is 14.4 Å². The van der Waals surface area contributed by atoms with E-state index >= 15 is 0 Å². The van der Waals surface area contributed by atoms with E-state index in [-0.39, 0.29) is 18.6 Å². The Morgan fingerprint density at radius 1 is 1.17 bits per heavy atom. The largest absolute Gasteiger partial charge is 0.480 e. The van der Waals surface area contributed by atoms with Gasteiger partial charge in [-0.05, 0) is 31.9 Å². The number of unbranched alkanes of at least 4 members (excludes halogenated alkanes) is 1. The summed E-state index contributed by atoms with van der Waals surface area (Å²) < 4.78 is 0. The predicted molar refractivity (Wildman–Crippen MR) is 88.6 cm³/mol. The number of benzene rings is 1. The average Bonchev–Trinajstić information content (AvgIpc) is 2.51. The van der Waals surface area contributed by atoms with Gasteiger partial charge in [-0.3, -0.25) is 9.59 Å². The second kappa shape index (κ2) is 9.08. The number of carboxylic acids is 1. The molecule has 2 N–H and O–H groups in total. The van der Waals surface area contributed by atoms with Gasteiger partial charge in [0.1, 0.15) is 6.04 Å². The SMILES string of the molecule is CCCCC(NC(=O)CCC(=O)c1cc(C)ccc1C)C(=O)O. The minimum absolute atomic E-state index is 0.00210. The Labute approximate surface area is 137 Å². The van der Waals surface area contributed by atoms with E-state index in [0.717, 1.165) is 24.0 Å². The number of ketones is 1. The third-order valence-electron chi connectivity index (χ3n) is 3.75. The van der Waals surface area contributed by atoms with Crippen molar-refractivity contribution in [2.75, 3.05) is 0 Å². The maximum atomic E-state index is 12.2. The summed E-state index contributed by atoms with van der Waals surface area (Å²) in [5.41, 5.74) is 2.50. The molecule has 0 saturated heterocycles. The van der Waals surface area contributed by atoms with Crippen LogP contribution in [0.25, 0.3) is 0 Å². The van der Waals surface area contributed by atoms with Gasteiger partial charge in [0.15, 0.2) is 5.78 Å². The van der Waals surface area contributed by atoms with Gasteiger partial charge in [0.05, 0.1) is 0 Å². The maximum absolute atomic E-state index is 12.2. The lowest BCUT2D eigenvalue weighted by Gasteiger charge is -2.14. The Balaban J connectivity index is 2.56. The van der Waals surface area contributed by atoms with Crippen LogP contribution in [0.3, 0.4) is 0 Å². The van der Waals surface area contributed by atoms with Crippen molar-refractivity contribution in [3.05, 3.63) is 34.9 Å². The molecule has 0 aliphatic heterocycles. The standard InChI is InChI=1S/C18H25NO4/c1-4-5-6-15(18(22)23)19-17(21)10-9-16(20)14-11-12(2)7-8-13(14)3/h7-8,11,15H,4-6,9-10H2,1-3H3,(H,19,21)(H,22,23). The fraction of sp³-hybridized carbons (Fsp3) is 0.500. The monoisotopic (exact) mass is 319 g/mol. The molecule has 0 saturated carbocycles. The normalized spacial score (nSPS) is 11.8. The van der Waals surface area contributed by atoms with Gasteiger partial charge >= 0.3 is 5.97 Å². The van der Waals surface area contributed by atoms with Gasteiger partial charge in [0.2, 0.25) is 5.91 Å². The number of carbonyl (C=O) groups excluding carboxylic acids is 2. The third kappa shape index (κ3) is 6.22. The van der Waals surface area contributed by atoms with E-state index in [1.54, 1.807) is 0 Å². The van der Waals surface area contributed by atoms with E-state index in [4.69, 9.17) is 5.11 Å². The lowest BCUT2D eigenvalue weighted by atomic mass is 9.99. The van der Waals surface area contributed by atoms with E-state index in [2.05, 4.69) is 5.32 Å². The molecule has 1 unspecified atom stereocenters. The van der Waals surface area contributed by atoms with E-state index in [1.165, 1.54) is 0 Å². The fourth-order valence-electron chi connectivity index (χ4n) is 2.33. The lowest BCUT2D eigenvalue weighted by molar-refractivity contribution is -0.142. The molecule has 1 amide bonds. The number of amides is 1. The molecule has 0 aliphatic rings. The summed E-state index contributed by atoms with van der Waals surface area (Å²) in [4.78, 5) is 35.2. The Morgan fingerprint density at radius 3 is 2.48 bits per heavy atom. The zero-order valence-electron chi connectivity index (χ0n) is 14.0. The number of carboxylic acid groups (broad SMARTS) is 1. The van der Waals surface area contributed by atoms with Crippen LogP contribution in [-0.4, -0.2) is 28.8 Å². The second-order valence-electron chi connectivity index (χ2n) is 5.84. The molecule has 1 atom stereocenters. The first-order valence-electron chi connectivity index (χ1n) is 7.97. The van der Waals surface area contributed by atoms with Crippen LogP contribution in [-0.2, 0) is 9.59 Å². The first-order chi connectivity index (χ1) is 10.8.